The van der Waals surface area contributed by atoms with E-state index < -0.39 is 0 Å². The largest absolute Gasteiger partial charge is 0.337 e. The molecule has 1 unspecified atom stereocenters. The summed E-state index contributed by atoms with van der Waals surface area (Å²) >= 11 is 0. The molecule has 1 N–H and O–H groups in total. The minimum absolute atomic E-state index is 0.0352. The summed E-state index contributed by atoms with van der Waals surface area (Å²) in [5.41, 5.74) is 0.743. The first-order valence-electron chi connectivity index (χ1n) is 6.91. The van der Waals surface area contributed by atoms with Crippen LogP contribution < -0.4 is 5.32 Å². The SMILES string of the molecule is CCC(NC(=O)c1ccccc1)N1CCCCC1. The van der Waals surface area contributed by atoms with Gasteiger partial charge in [0.05, 0.1) is 6.17 Å². The molecule has 0 spiro atoms. The average molecular weight is 246 g/mol. The minimum Gasteiger partial charge on any atom is -0.337 e. The Hall–Kier alpha value is -1.35. The fourth-order valence-electron chi connectivity index (χ4n) is 2.51. The third kappa shape index (κ3) is 3.33. The Kier molecular flexibility index (Phi) is 4.76. The molecule has 18 heavy (non-hydrogen) atoms. The highest BCUT2D eigenvalue weighted by molar-refractivity contribution is 5.94. The van der Waals surface area contributed by atoms with Crippen molar-refractivity contribution in [3.05, 3.63) is 35.9 Å². The maximum absolute atomic E-state index is 12.1. The molecular formula is C15H22N2O. The van der Waals surface area contributed by atoms with Crippen LogP contribution in [0.2, 0.25) is 0 Å². The topological polar surface area (TPSA) is 32.3 Å². The monoisotopic (exact) mass is 246 g/mol. The lowest BCUT2D eigenvalue weighted by Crippen LogP contribution is -2.49. The van der Waals surface area contributed by atoms with Gasteiger partial charge >= 0.3 is 0 Å². The molecule has 1 atom stereocenters. The van der Waals surface area contributed by atoms with Gasteiger partial charge in [-0.15, -0.1) is 0 Å². The first-order chi connectivity index (χ1) is 8.81. The Morgan fingerprint density at radius 2 is 1.89 bits per heavy atom. The average Bonchev–Trinajstić information content (AvgIpc) is 2.46. The zero-order valence-corrected chi connectivity index (χ0v) is 11.1. The molecule has 0 saturated carbocycles. The van der Waals surface area contributed by atoms with Crippen molar-refractivity contribution in [1.82, 2.24) is 10.2 Å². The van der Waals surface area contributed by atoms with Crippen molar-refractivity contribution in [2.75, 3.05) is 13.1 Å². The third-order valence-corrected chi connectivity index (χ3v) is 3.55. The van der Waals surface area contributed by atoms with Crippen LogP contribution in [0.1, 0.15) is 43.0 Å². The van der Waals surface area contributed by atoms with Crippen molar-refractivity contribution in [2.24, 2.45) is 0 Å². The van der Waals surface area contributed by atoms with Gasteiger partial charge in [0.2, 0.25) is 0 Å². The maximum atomic E-state index is 12.1. The molecule has 3 heteroatoms. The fourth-order valence-corrected chi connectivity index (χ4v) is 2.51. The molecule has 98 valence electrons. The summed E-state index contributed by atoms with van der Waals surface area (Å²) in [5, 5.41) is 3.14. The van der Waals surface area contributed by atoms with E-state index >= 15 is 0 Å². The van der Waals surface area contributed by atoms with Crippen LogP contribution >= 0.6 is 0 Å². The molecular weight excluding hydrogens is 224 g/mol. The first-order valence-corrected chi connectivity index (χ1v) is 6.91. The van der Waals surface area contributed by atoms with E-state index in [2.05, 4.69) is 17.1 Å². The van der Waals surface area contributed by atoms with E-state index in [-0.39, 0.29) is 12.1 Å². The summed E-state index contributed by atoms with van der Waals surface area (Å²) < 4.78 is 0. The predicted molar refractivity (Wildman–Crippen MR) is 73.4 cm³/mol. The molecule has 1 aromatic carbocycles. The number of nitrogens with zero attached hydrogens (tertiary/aromatic N) is 1. The molecule has 2 rings (SSSR count). The molecule has 1 aromatic rings. The molecule has 1 fully saturated rings. The minimum atomic E-state index is 0.0352. The van der Waals surface area contributed by atoms with Gasteiger partial charge in [0, 0.05) is 18.7 Å². The predicted octanol–water partition coefficient (Wildman–Crippen LogP) is 2.64. The van der Waals surface area contributed by atoms with Gasteiger partial charge in [-0.3, -0.25) is 9.69 Å². The van der Waals surface area contributed by atoms with E-state index in [0.29, 0.717) is 0 Å². The summed E-state index contributed by atoms with van der Waals surface area (Å²) in [6.07, 6.45) is 4.95. The first kappa shape index (κ1) is 13.1. The van der Waals surface area contributed by atoms with Crippen molar-refractivity contribution in [3.8, 4) is 0 Å². The Bertz CT molecular complexity index is 371. The Morgan fingerprint density at radius 1 is 1.22 bits per heavy atom. The highest BCUT2D eigenvalue weighted by atomic mass is 16.1. The van der Waals surface area contributed by atoms with Gasteiger partial charge in [0.25, 0.3) is 5.91 Å². The summed E-state index contributed by atoms with van der Waals surface area (Å²) in [6.45, 7) is 4.34. The molecule has 0 bridgehead atoms. The van der Waals surface area contributed by atoms with Crippen LogP contribution in [0.5, 0.6) is 0 Å². The van der Waals surface area contributed by atoms with Crippen LogP contribution in [0.3, 0.4) is 0 Å². The lowest BCUT2D eigenvalue weighted by atomic mass is 10.1. The molecule has 3 nitrogen and oxygen atoms in total. The molecule has 1 heterocycles. The zero-order valence-electron chi connectivity index (χ0n) is 11.1. The van der Waals surface area contributed by atoms with Crippen molar-refractivity contribution >= 4 is 5.91 Å². The summed E-state index contributed by atoms with van der Waals surface area (Å²) in [5.74, 6) is 0.0352. The van der Waals surface area contributed by atoms with Gasteiger partial charge in [0.1, 0.15) is 0 Å². The van der Waals surface area contributed by atoms with Crippen LogP contribution in [-0.2, 0) is 0 Å². The van der Waals surface area contributed by atoms with Gasteiger partial charge in [-0.25, -0.2) is 0 Å². The number of rotatable bonds is 4. The Labute approximate surface area is 109 Å². The van der Waals surface area contributed by atoms with Crippen molar-refractivity contribution < 1.29 is 4.79 Å². The van der Waals surface area contributed by atoms with E-state index in [1.165, 1.54) is 19.3 Å². The number of amides is 1. The number of carbonyl (C=O) groups is 1. The molecule has 1 saturated heterocycles. The second kappa shape index (κ2) is 6.55. The molecule has 1 amide bonds. The molecule has 1 aliphatic rings. The van der Waals surface area contributed by atoms with E-state index in [1.54, 1.807) is 0 Å². The smallest absolute Gasteiger partial charge is 0.252 e. The summed E-state index contributed by atoms with van der Waals surface area (Å²) in [4.78, 5) is 14.5. The highest BCUT2D eigenvalue weighted by Gasteiger charge is 2.20. The lowest BCUT2D eigenvalue weighted by Gasteiger charge is -2.34. The molecule has 0 radical (unpaired) electrons. The van der Waals surface area contributed by atoms with Gasteiger partial charge in [-0.05, 0) is 31.4 Å². The number of piperidine rings is 1. The number of likely N-dealkylation sites (tertiary alicyclic amines) is 1. The van der Waals surface area contributed by atoms with Gasteiger partial charge in [-0.2, -0.15) is 0 Å². The van der Waals surface area contributed by atoms with Crippen LogP contribution in [0, 0.1) is 0 Å². The molecule has 1 aliphatic heterocycles. The van der Waals surface area contributed by atoms with Crippen molar-refractivity contribution in [1.29, 1.82) is 0 Å². The van der Waals surface area contributed by atoms with E-state index in [0.717, 1.165) is 25.1 Å². The highest BCUT2D eigenvalue weighted by Crippen LogP contribution is 2.13. The van der Waals surface area contributed by atoms with E-state index in [1.807, 2.05) is 30.3 Å². The Morgan fingerprint density at radius 3 is 2.50 bits per heavy atom. The number of hydrogen-bond donors (Lipinski definition) is 1. The molecule has 0 aliphatic carbocycles. The quantitative estimate of drug-likeness (QED) is 0.885. The number of hydrogen-bond acceptors (Lipinski definition) is 2. The summed E-state index contributed by atoms with van der Waals surface area (Å²) in [6, 6.07) is 9.45. The van der Waals surface area contributed by atoms with Gasteiger partial charge in [0.15, 0.2) is 0 Å². The second-order valence-corrected chi connectivity index (χ2v) is 4.86. The van der Waals surface area contributed by atoms with Crippen molar-refractivity contribution in [3.63, 3.8) is 0 Å². The Balaban J connectivity index is 1.95. The fraction of sp³-hybridized carbons (Fsp3) is 0.533. The zero-order chi connectivity index (χ0) is 12.8. The van der Waals surface area contributed by atoms with Gasteiger partial charge in [-0.1, -0.05) is 31.5 Å². The summed E-state index contributed by atoms with van der Waals surface area (Å²) in [7, 11) is 0. The van der Waals surface area contributed by atoms with Crippen molar-refractivity contribution in [2.45, 2.75) is 38.8 Å². The normalized spacial score (nSPS) is 18.3. The number of nitrogens with one attached hydrogen (secondary N) is 1. The van der Waals surface area contributed by atoms with Gasteiger partial charge < -0.3 is 5.32 Å². The maximum Gasteiger partial charge on any atom is 0.252 e. The van der Waals surface area contributed by atoms with Crippen LogP contribution in [0.25, 0.3) is 0 Å². The van der Waals surface area contributed by atoms with Crippen LogP contribution in [0.4, 0.5) is 0 Å². The standard InChI is InChI=1S/C15H22N2O/c1-2-14(17-11-7-4-8-12-17)16-15(18)13-9-5-3-6-10-13/h3,5-6,9-10,14H,2,4,7-8,11-12H2,1H3,(H,16,18). The second-order valence-electron chi connectivity index (χ2n) is 4.86. The van der Waals surface area contributed by atoms with E-state index in [9.17, 15) is 4.79 Å². The van der Waals surface area contributed by atoms with Crippen LogP contribution in [-0.4, -0.2) is 30.1 Å². The van der Waals surface area contributed by atoms with E-state index in [4.69, 9.17) is 0 Å². The lowest BCUT2D eigenvalue weighted by molar-refractivity contribution is 0.0808. The van der Waals surface area contributed by atoms with Crippen LogP contribution in [0.15, 0.2) is 30.3 Å². The third-order valence-electron chi connectivity index (χ3n) is 3.55. The molecule has 0 aromatic heterocycles. The number of benzene rings is 1. The number of carbonyl (C=O) groups excluding carboxylic acids is 1.